The fourth-order valence-electron chi connectivity index (χ4n) is 1.01. The van der Waals surface area contributed by atoms with Gasteiger partial charge in [0.05, 0.1) is 6.10 Å². The lowest BCUT2D eigenvalue weighted by atomic mass is 10.2. The number of carbonyl (C=O) groups is 1. The molecule has 0 fully saturated rings. The highest BCUT2D eigenvalue weighted by atomic mass is 16.6. The van der Waals surface area contributed by atoms with E-state index in [0.717, 1.165) is 0 Å². The lowest BCUT2D eigenvalue weighted by Crippen LogP contribution is -2.27. The van der Waals surface area contributed by atoms with Crippen LogP contribution in [0.3, 0.4) is 0 Å². The van der Waals surface area contributed by atoms with Crippen molar-refractivity contribution in [1.82, 2.24) is 9.97 Å². The summed E-state index contributed by atoms with van der Waals surface area (Å²) in [4.78, 5) is 19.2. The van der Waals surface area contributed by atoms with E-state index in [1.165, 1.54) is 12.4 Å². The molecule has 94 valence electrons. The fraction of sp³-hybridized carbons (Fsp3) is 0.545. The number of hydrogen-bond acceptors (Lipinski definition) is 5. The highest BCUT2D eigenvalue weighted by molar-refractivity contribution is 5.82. The summed E-state index contributed by atoms with van der Waals surface area (Å²) >= 11 is 0. The van der Waals surface area contributed by atoms with Gasteiger partial charge < -0.3 is 9.84 Å². The molecule has 2 N–H and O–H groups in total. The fourth-order valence-corrected chi connectivity index (χ4v) is 1.01. The standard InChI is InChI=1S/C11H17N3O3/c1-7(15)8-5-12-9(13-6-8)14-10(16)17-11(2,3)4/h5-7,15H,1-4H3,(H,12,13,14,16)/t7-/m1/s1. The summed E-state index contributed by atoms with van der Waals surface area (Å²) in [5.41, 5.74) is 0.0173. The number of nitrogens with zero attached hydrogens (tertiary/aromatic N) is 2. The maximum Gasteiger partial charge on any atom is 0.414 e. The van der Waals surface area contributed by atoms with Gasteiger partial charge >= 0.3 is 6.09 Å². The number of ether oxygens (including phenoxy) is 1. The maximum absolute atomic E-state index is 11.4. The van der Waals surface area contributed by atoms with E-state index in [4.69, 9.17) is 4.74 Å². The molecular formula is C11H17N3O3. The SMILES string of the molecule is C[C@@H](O)c1cnc(NC(=O)OC(C)(C)C)nc1. The molecule has 1 atom stereocenters. The zero-order chi connectivity index (χ0) is 13.1. The van der Waals surface area contributed by atoms with Crippen molar-refractivity contribution in [2.24, 2.45) is 0 Å². The largest absolute Gasteiger partial charge is 0.444 e. The molecule has 0 saturated heterocycles. The minimum Gasteiger partial charge on any atom is -0.444 e. The first kappa shape index (κ1) is 13.4. The first-order valence-electron chi connectivity index (χ1n) is 5.28. The van der Waals surface area contributed by atoms with Crippen LogP contribution in [0, 0.1) is 0 Å². The number of aliphatic hydroxyl groups is 1. The van der Waals surface area contributed by atoms with Crippen LogP contribution >= 0.6 is 0 Å². The van der Waals surface area contributed by atoms with E-state index in [2.05, 4.69) is 15.3 Å². The summed E-state index contributed by atoms with van der Waals surface area (Å²) in [7, 11) is 0. The zero-order valence-electron chi connectivity index (χ0n) is 10.4. The van der Waals surface area contributed by atoms with Gasteiger partial charge in [-0.05, 0) is 27.7 Å². The van der Waals surface area contributed by atoms with Crippen LogP contribution in [0.25, 0.3) is 0 Å². The molecule has 0 aliphatic heterocycles. The van der Waals surface area contributed by atoms with Gasteiger partial charge in [0.25, 0.3) is 0 Å². The van der Waals surface area contributed by atoms with Crippen LogP contribution in [0.15, 0.2) is 12.4 Å². The molecule has 0 aliphatic rings. The van der Waals surface area contributed by atoms with E-state index in [-0.39, 0.29) is 5.95 Å². The minimum absolute atomic E-state index is 0.142. The minimum atomic E-state index is -0.634. The molecule has 0 radical (unpaired) electrons. The molecule has 1 heterocycles. The topological polar surface area (TPSA) is 84.3 Å². The molecule has 1 aromatic rings. The Hall–Kier alpha value is -1.69. The Labute approximate surface area is 100 Å². The third kappa shape index (κ3) is 4.78. The molecular weight excluding hydrogens is 222 g/mol. The summed E-state index contributed by atoms with van der Waals surface area (Å²) in [5, 5.41) is 11.7. The number of rotatable bonds is 2. The van der Waals surface area contributed by atoms with E-state index in [1.807, 2.05) is 0 Å². The molecule has 0 bridgehead atoms. The number of carbonyl (C=O) groups excluding carboxylic acids is 1. The second kappa shape index (κ2) is 5.09. The van der Waals surface area contributed by atoms with Crippen LogP contribution < -0.4 is 5.32 Å². The van der Waals surface area contributed by atoms with Gasteiger partial charge in [0.2, 0.25) is 5.95 Å². The van der Waals surface area contributed by atoms with Crippen LogP contribution in [0.1, 0.15) is 39.4 Å². The third-order valence-corrected chi connectivity index (χ3v) is 1.77. The Morgan fingerprint density at radius 2 is 1.94 bits per heavy atom. The second-order valence-corrected chi connectivity index (χ2v) is 4.64. The van der Waals surface area contributed by atoms with Gasteiger partial charge in [0.15, 0.2) is 0 Å². The average molecular weight is 239 g/mol. The molecule has 1 rings (SSSR count). The van der Waals surface area contributed by atoms with Gasteiger partial charge in [-0.1, -0.05) is 0 Å². The van der Waals surface area contributed by atoms with Crippen molar-refractivity contribution in [3.05, 3.63) is 18.0 Å². The number of nitrogens with one attached hydrogen (secondary N) is 1. The first-order chi connectivity index (χ1) is 7.78. The van der Waals surface area contributed by atoms with E-state index in [9.17, 15) is 9.90 Å². The van der Waals surface area contributed by atoms with E-state index >= 15 is 0 Å². The van der Waals surface area contributed by atoms with E-state index < -0.39 is 17.8 Å². The van der Waals surface area contributed by atoms with Gasteiger partial charge in [-0.3, -0.25) is 5.32 Å². The van der Waals surface area contributed by atoms with Crippen LogP contribution in [-0.2, 0) is 4.74 Å². The predicted octanol–water partition coefficient (Wildman–Crippen LogP) is 1.88. The van der Waals surface area contributed by atoms with Gasteiger partial charge in [0, 0.05) is 18.0 Å². The molecule has 17 heavy (non-hydrogen) atoms. The Bertz CT molecular complexity index is 382. The summed E-state index contributed by atoms with van der Waals surface area (Å²) in [6, 6.07) is 0. The summed E-state index contributed by atoms with van der Waals surface area (Å²) < 4.78 is 5.04. The van der Waals surface area contributed by atoms with E-state index in [0.29, 0.717) is 5.56 Å². The van der Waals surface area contributed by atoms with Crippen LogP contribution in [0.2, 0.25) is 0 Å². The quantitative estimate of drug-likeness (QED) is 0.823. The van der Waals surface area contributed by atoms with Gasteiger partial charge in [-0.15, -0.1) is 0 Å². The Balaban J connectivity index is 2.61. The van der Waals surface area contributed by atoms with Gasteiger partial charge in [-0.25, -0.2) is 14.8 Å². The molecule has 0 aliphatic carbocycles. The van der Waals surface area contributed by atoms with Crippen molar-refractivity contribution in [1.29, 1.82) is 0 Å². The van der Waals surface area contributed by atoms with Crippen LogP contribution in [0.5, 0.6) is 0 Å². The lowest BCUT2D eigenvalue weighted by Gasteiger charge is -2.19. The number of amides is 1. The smallest absolute Gasteiger partial charge is 0.414 e. The lowest BCUT2D eigenvalue weighted by molar-refractivity contribution is 0.0634. The molecule has 0 saturated carbocycles. The summed E-state index contributed by atoms with van der Waals surface area (Å²) in [6.07, 6.45) is 1.65. The van der Waals surface area contributed by atoms with Crippen molar-refractivity contribution in [2.45, 2.75) is 39.4 Å². The van der Waals surface area contributed by atoms with Gasteiger partial charge in [0.1, 0.15) is 5.60 Å². The molecule has 1 amide bonds. The van der Waals surface area contributed by atoms with Crippen molar-refractivity contribution < 1.29 is 14.6 Å². The maximum atomic E-state index is 11.4. The molecule has 6 heteroatoms. The summed E-state index contributed by atoms with van der Waals surface area (Å²) in [5.74, 6) is 0.142. The monoisotopic (exact) mass is 239 g/mol. The van der Waals surface area contributed by atoms with Crippen LogP contribution in [0.4, 0.5) is 10.7 Å². The Morgan fingerprint density at radius 3 is 2.35 bits per heavy atom. The molecule has 0 unspecified atom stereocenters. The normalized spacial score (nSPS) is 13.0. The molecule has 6 nitrogen and oxygen atoms in total. The molecule has 1 aromatic heterocycles. The predicted molar refractivity (Wildman–Crippen MR) is 62.5 cm³/mol. The number of aliphatic hydroxyl groups excluding tert-OH is 1. The summed E-state index contributed by atoms with van der Waals surface area (Å²) in [6.45, 7) is 6.91. The number of hydrogen-bond donors (Lipinski definition) is 2. The second-order valence-electron chi connectivity index (χ2n) is 4.64. The number of aromatic nitrogens is 2. The first-order valence-corrected chi connectivity index (χ1v) is 5.28. The Morgan fingerprint density at radius 1 is 1.41 bits per heavy atom. The third-order valence-electron chi connectivity index (χ3n) is 1.77. The molecule has 0 aromatic carbocycles. The van der Waals surface area contributed by atoms with Crippen molar-refractivity contribution >= 4 is 12.0 Å². The number of anilines is 1. The highest BCUT2D eigenvalue weighted by Gasteiger charge is 2.16. The zero-order valence-corrected chi connectivity index (χ0v) is 10.4. The van der Waals surface area contributed by atoms with Crippen molar-refractivity contribution in [3.8, 4) is 0 Å². The highest BCUT2D eigenvalue weighted by Crippen LogP contribution is 2.11. The van der Waals surface area contributed by atoms with E-state index in [1.54, 1.807) is 27.7 Å². The van der Waals surface area contributed by atoms with Gasteiger partial charge in [-0.2, -0.15) is 0 Å². The average Bonchev–Trinajstić information content (AvgIpc) is 2.15. The Kier molecular flexibility index (Phi) is 4.01. The van der Waals surface area contributed by atoms with Crippen LogP contribution in [-0.4, -0.2) is 26.8 Å². The van der Waals surface area contributed by atoms with Crippen molar-refractivity contribution in [2.75, 3.05) is 5.32 Å². The molecule has 0 spiro atoms. The van der Waals surface area contributed by atoms with Crippen molar-refractivity contribution in [3.63, 3.8) is 0 Å².